The first-order valence-corrected chi connectivity index (χ1v) is 8.10. The van der Waals surface area contributed by atoms with Crippen molar-refractivity contribution in [2.45, 2.75) is 25.7 Å². The molecule has 0 amide bonds. The molecule has 1 aliphatic heterocycles. The van der Waals surface area contributed by atoms with Crippen molar-refractivity contribution in [1.29, 1.82) is 0 Å². The fraction of sp³-hybridized carbons (Fsp3) is 0.400. The monoisotopic (exact) mass is 311 g/mol. The predicted molar refractivity (Wildman–Crippen MR) is 92.5 cm³/mol. The summed E-state index contributed by atoms with van der Waals surface area (Å²) in [5.74, 6) is -0.803. The Labute approximate surface area is 138 Å². The van der Waals surface area contributed by atoms with E-state index in [1.807, 2.05) is 0 Å². The van der Waals surface area contributed by atoms with E-state index in [4.69, 9.17) is 9.47 Å². The molecule has 3 nitrogen and oxygen atoms in total. The number of nitrogens with zero attached hydrogens (tertiary/aromatic N) is 1. The average molecular weight is 311 g/mol. The molecule has 0 aromatic heterocycles. The maximum absolute atomic E-state index is 6.45. The van der Waals surface area contributed by atoms with Gasteiger partial charge in [0, 0.05) is 17.7 Å². The highest BCUT2D eigenvalue weighted by Crippen LogP contribution is 2.40. The quantitative estimate of drug-likeness (QED) is 0.863. The molecule has 23 heavy (non-hydrogen) atoms. The Hall–Kier alpha value is -1.68. The molecule has 1 aliphatic rings. The lowest BCUT2D eigenvalue weighted by Crippen LogP contribution is -2.32. The summed E-state index contributed by atoms with van der Waals surface area (Å²) in [6.07, 6.45) is 0.0626. The van der Waals surface area contributed by atoms with E-state index >= 15 is 0 Å². The first kappa shape index (κ1) is 16.2. The number of aryl methyl sites for hydroxylation is 2. The maximum atomic E-state index is 6.45. The van der Waals surface area contributed by atoms with E-state index in [1.165, 1.54) is 11.1 Å². The normalized spacial score (nSPS) is 20.1. The molecule has 0 radical (unpaired) electrons. The van der Waals surface area contributed by atoms with Crippen LogP contribution in [0.3, 0.4) is 0 Å². The lowest BCUT2D eigenvalue weighted by atomic mass is 9.95. The van der Waals surface area contributed by atoms with Crippen LogP contribution < -0.4 is 0 Å². The molecular formula is C20H25NO2. The predicted octanol–water partition coefficient (Wildman–Crippen LogP) is 3.48. The molecule has 1 saturated heterocycles. The second-order valence-electron chi connectivity index (χ2n) is 6.66. The van der Waals surface area contributed by atoms with Gasteiger partial charge in [0.2, 0.25) is 5.79 Å². The van der Waals surface area contributed by atoms with Crippen molar-refractivity contribution < 1.29 is 9.47 Å². The van der Waals surface area contributed by atoms with Crippen LogP contribution in [0.25, 0.3) is 0 Å². The Balaban J connectivity index is 2.00. The number of likely N-dealkylation sites (N-methyl/N-ethyl adjacent to an activating group) is 1. The number of ether oxygens (including phenoxy) is 2. The molecule has 2 aromatic rings. The number of hydrogen-bond donors (Lipinski definition) is 0. The highest BCUT2D eigenvalue weighted by atomic mass is 16.7. The van der Waals surface area contributed by atoms with E-state index in [1.54, 1.807) is 0 Å². The Morgan fingerprint density at radius 1 is 0.913 bits per heavy atom. The van der Waals surface area contributed by atoms with Gasteiger partial charge in [-0.15, -0.1) is 0 Å². The Bertz CT molecular complexity index is 601. The van der Waals surface area contributed by atoms with Crippen LogP contribution in [0.5, 0.6) is 0 Å². The standard InChI is InChI=1S/C20H25NO2/c1-15-5-9-17(10-6-15)20(18-11-7-16(2)8-12-18)22-14-19(23-20)13-21(3)4/h5-12,19H,13-14H2,1-4H3. The van der Waals surface area contributed by atoms with E-state index in [9.17, 15) is 0 Å². The smallest absolute Gasteiger partial charge is 0.222 e. The van der Waals surface area contributed by atoms with Crippen LogP contribution in [0, 0.1) is 13.8 Å². The van der Waals surface area contributed by atoms with Crippen LogP contribution in [0.1, 0.15) is 22.3 Å². The van der Waals surface area contributed by atoms with Crippen molar-refractivity contribution in [3.05, 3.63) is 70.8 Å². The summed E-state index contributed by atoms with van der Waals surface area (Å²) >= 11 is 0. The fourth-order valence-electron chi connectivity index (χ4n) is 3.03. The number of rotatable bonds is 4. The lowest BCUT2D eigenvalue weighted by molar-refractivity contribution is -0.143. The molecule has 3 rings (SSSR count). The van der Waals surface area contributed by atoms with Crippen molar-refractivity contribution in [1.82, 2.24) is 4.90 Å². The van der Waals surface area contributed by atoms with Gasteiger partial charge in [-0.3, -0.25) is 0 Å². The summed E-state index contributed by atoms with van der Waals surface area (Å²) in [6, 6.07) is 16.9. The molecule has 0 bridgehead atoms. The maximum Gasteiger partial charge on any atom is 0.222 e. The zero-order valence-electron chi connectivity index (χ0n) is 14.4. The molecule has 122 valence electrons. The molecule has 1 fully saturated rings. The van der Waals surface area contributed by atoms with Gasteiger partial charge in [-0.25, -0.2) is 0 Å². The largest absolute Gasteiger partial charge is 0.339 e. The van der Waals surface area contributed by atoms with Crippen LogP contribution in [0.4, 0.5) is 0 Å². The molecule has 1 atom stereocenters. The van der Waals surface area contributed by atoms with Crippen molar-refractivity contribution in [2.75, 3.05) is 27.2 Å². The third kappa shape index (κ3) is 3.32. The lowest BCUT2D eigenvalue weighted by Gasteiger charge is -2.30. The third-order valence-corrected chi connectivity index (χ3v) is 4.24. The number of hydrogen-bond acceptors (Lipinski definition) is 3. The van der Waals surface area contributed by atoms with E-state index in [0.29, 0.717) is 6.61 Å². The zero-order chi connectivity index (χ0) is 16.4. The molecule has 2 aromatic carbocycles. The van der Waals surface area contributed by atoms with Crippen LogP contribution in [-0.4, -0.2) is 38.3 Å². The molecule has 3 heteroatoms. The zero-order valence-corrected chi connectivity index (χ0v) is 14.4. The fourth-order valence-corrected chi connectivity index (χ4v) is 3.03. The van der Waals surface area contributed by atoms with E-state index in [-0.39, 0.29) is 6.10 Å². The van der Waals surface area contributed by atoms with Gasteiger partial charge < -0.3 is 14.4 Å². The van der Waals surface area contributed by atoms with Crippen LogP contribution in [0.15, 0.2) is 48.5 Å². The third-order valence-electron chi connectivity index (χ3n) is 4.24. The van der Waals surface area contributed by atoms with E-state index in [2.05, 4.69) is 81.4 Å². The van der Waals surface area contributed by atoms with Crippen LogP contribution in [-0.2, 0) is 15.3 Å². The van der Waals surface area contributed by atoms with Gasteiger partial charge in [0.05, 0.1) is 12.7 Å². The van der Waals surface area contributed by atoms with Crippen LogP contribution in [0.2, 0.25) is 0 Å². The molecule has 0 N–H and O–H groups in total. The Morgan fingerprint density at radius 2 is 1.39 bits per heavy atom. The van der Waals surface area contributed by atoms with E-state index in [0.717, 1.165) is 17.7 Å². The first-order chi connectivity index (χ1) is 11.0. The molecule has 1 heterocycles. The van der Waals surface area contributed by atoms with Crippen molar-refractivity contribution in [3.8, 4) is 0 Å². The minimum absolute atomic E-state index is 0.0626. The molecule has 0 spiro atoms. The Kier molecular flexibility index (Phi) is 4.53. The summed E-state index contributed by atoms with van der Waals surface area (Å²) < 4.78 is 12.7. The minimum atomic E-state index is -0.803. The number of benzene rings is 2. The summed E-state index contributed by atoms with van der Waals surface area (Å²) in [5.41, 5.74) is 4.56. The minimum Gasteiger partial charge on any atom is -0.339 e. The van der Waals surface area contributed by atoms with Gasteiger partial charge in [-0.1, -0.05) is 59.7 Å². The van der Waals surface area contributed by atoms with Gasteiger partial charge >= 0.3 is 0 Å². The Morgan fingerprint density at radius 3 is 1.83 bits per heavy atom. The van der Waals surface area contributed by atoms with Crippen molar-refractivity contribution >= 4 is 0 Å². The van der Waals surface area contributed by atoms with Gasteiger partial charge in [0.1, 0.15) is 0 Å². The SMILES string of the molecule is Cc1ccc(C2(c3ccc(C)cc3)OCC(CN(C)C)O2)cc1. The summed E-state index contributed by atoms with van der Waals surface area (Å²) in [6.45, 7) is 5.63. The topological polar surface area (TPSA) is 21.7 Å². The van der Waals surface area contributed by atoms with E-state index < -0.39 is 5.79 Å². The van der Waals surface area contributed by atoms with Crippen LogP contribution >= 0.6 is 0 Å². The second-order valence-corrected chi connectivity index (χ2v) is 6.66. The van der Waals surface area contributed by atoms with Crippen molar-refractivity contribution in [2.24, 2.45) is 0 Å². The summed E-state index contributed by atoms with van der Waals surface area (Å²) in [5, 5.41) is 0. The summed E-state index contributed by atoms with van der Waals surface area (Å²) in [7, 11) is 4.11. The average Bonchev–Trinajstić information content (AvgIpc) is 2.93. The van der Waals surface area contributed by atoms with Gasteiger partial charge in [-0.05, 0) is 27.9 Å². The first-order valence-electron chi connectivity index (χ1n) is 8.10. The molecule has 0 saturated carbocycles. The van der Waals surface area contributed by atoms with Crippen molar-refractivity contribution in [3.63, 3.8) is 0 Å². The van der Waals surface area contributed by atoms with Gasteiger partial charge in [0.15, 0.2) is 0 Å². The molecule has 1 unspecified atom stereocenters. The highest BCUT2D eigenvalue weighted by Gasteiger charge is 2.44. The molecular weight excluding hydrogens is 286 g/mol. The second kappa shape index (κ2) is 6.44. The summed E-state index contributed by atoms with van der Waals surface area (Å²) in [4.78, 5) is 2.13. The van der Waals surface area contributed by atoms with Gasteiger partial charge in [0.25, 0.3) is 0 Å². The van der Waals surface area contributed by atoms with Gasteiger partial charge in [-0.2, -0.15) is 0 Å². The molecule has 0 aliphatic carbocycles. The highest BCUT2D eigenvalue weighted by molar-refractivity contribution is 5.37.